The van der Waals surface area contributed by atoms with Crippen molar-refractivity contribution in [2.75, 3.05) is 11.9 Å². The molecule has 0 saturated carbocycles. The van der Waals surface area contributed by atoms with Crippen LogP contribution in [-0.2, 0) is 0 Å². The second kappa shape index (κ2) is 3.91. The summed E-state index contributed by atoms with van der Waals surface area (Å²) < 4.78 is 0. The van der Waals surface area contributed by atoms with Crippen LogP contribution in [0.15, 0.2) is 24.3 Å². The summed E-state index contributed by atoms with van der Waals surface area (Å²) >= 11 is 0. The molecule has 13 heavy (non-hydrogen) atoms. The van der Waals surface area contributed by atoms with E-state index in [9.17, 15) is 4.79 Å². The minimum atomic E-state index is -0.325. The third-order valence-corrected chi connectivity index (χ3v) is 1.90. The molecule has 3 N–H and O–H groups in total. The maximum atomic E-state index is 11.2. The standard InChI is InChI=1S/C9H13N3O/c1-7-5-3-4-6-8(7)12(2)9(13)11-10/h3-6H,10H2,1-2H3,(H,11,13). The molecule has 0 aromatic heterocycles. The number of rotatable bonds is 1. The first kappa shape index (κ1) is 9.54. The number of aryl methyl sites for hydroxylation is 1. The molecule has 0 aliphatic heterocycles. The number of amides is 2. The van der Waals surface area contributed by atoms with Gasteiger partial charge in [-0.25, -0.2) is 10.6 Å². The van der Waals surface area contributed by atoms with Crippen molar-refractivity contribution in [3.8, 4) is 0 Å². The van der Waals surface area contributed by atoms with E-state index in [1.165, 1.54) is 4.90 Å². The third kappa shape index (κ3) is 1.97. The maximum Gasteiger partial charge on any atom is 0.335 e. The van der Waals surface area contributed by atoms with E-state index < -0.39 is 0 Å². The molecule has 0 unspecified atom stereocenters. The number of urea groups is 1. The van der Waals surface area contributed by atoms with Gasteiger partial charge in [0.1, 0.15) is 0 Å². The lowest BCUT2D eigenvalue weighted by atomic mass is 10.2. The largest absolute Gasteiger partial charge is 0.335 e. The van der Waals surface area contributed by atoms with Crippen LogP contribution in [0.5, 0.6) is 0 Å². The van der Waals surface area contributed by atoms with E-state index in [0.717, 1.165) is 11.3 Å². The molecule has 0 aliphatic rings. The summed E-state index contributed by atoms with van der Waals surface area (Å²) in [5, 5.41) is 0. The van der Waals surface area contributed by atoms with Gasteiger partial charge in [-0.1, -0.05) is 18.2 Å². The molecule has 0 spiro atoms. The first-order chi connectivity index (χ1) is 6.16. The molecule has 4 heteroatoms. The Labute approximate surface area is 77.3 Å². The number of hydrogen-bond donors (Lipinski definition) is 2. The van der Waals surface area contributed by atoms with E-state index in [4.69, 9.17) is 5.84 Å². The Morgan fingerprint density at radius 2 is 2.08 bits per heavy atom. The predicted molar refractivity (Wildman–Crippen MR) is 52.3 cm³/mol. The van der Waals surface area contributed by atoms with Gasteiger partial charge in [-0.05, 0) is 18.6 Å². The minimum absolute atomic E-state index is 0.325. The molecule has 4 nitrogen and oxygen atoms in total. The summed E-state index contributed by atoms with van der Waals surface area (Å²) in [5.41, 5.74) is 3.97. The second-order valence-corrected chi connectivity index (χ2v) is 2.79. The molecule has 0 atom stereocenters. The molecule has 1 aromatic rings. The zero-order valence-corrected chi connectivity index (χ0v) is 7.74. The van der Waals surface area contributed by atoms with Crippen molar-refractivity contribution < 1.29 is 4.79 Å². The molecular formula is C9H13N3O. The van der Waals surface area contributed by atoms with Crippen molar-refractivity contribution in [1.29, 1.82) is 0 Å². The van der Waals surface area contributed by atoms with Crippen molar-refractivity contribution in [3.05, 3.63) is 29.8 Å². The highest BCUT2D eigenvalue weighted by molar-refractivity contribution is 5.91. The molecule has 0 bridgehead atoms. The lowest BCUT2D eigenvalue weighted by Crippen LogP contribution is -2.41. The van der Waals surface area contributed by atoms with Crippen molar-refractivity contribution in [3.63, 3.8) is 0 Å². The highest BCUT2D eigenvalue weighted by Gasteiger charge is 2.09. The van der Waals surface area contributed by atoms with Gasteiger partial charge in [0, 0.05) is 12.7 Å². The number of nitrogens with two attached hydrogens (primary N) is 1. The van der Waals surface area contributed by atoms with E-state index in [0.29, 0.717) is 0 Å². The molecule has 0 heterocycles. The summed E-state index contributed by atoms with van der Waals surface area (Å²) in [6, 6.07) is 7.28. The Balaban J connectivity index is 2.95. The van der Waals surface area contributed by atoms with Crippen LogP contribution in [-0.4, -0.2) is 13.1 Å². The van der Waals surface area contributed by atoms with Crippen LogP contribution < -0.4 is 16.2 Å². The van der Waals surface area contributed by atoms with Crippen molar-refractivity contribution in [1.82, 2.24) is 5.43 Å². The summed E-state index contributed by atoms with van der Waals surface area (Å²) in [6.45, 7) is 1.94. The highest BCUT2D eigenvalue weighted by atomic mass is 16.2. The van der Waals surface area contributed by atoms with Crippen LogP contribution in [0.4, 0.5) is 10.5 Å². The number of carbonyl (C=O) groups is 1. The molecule has 1 aromatic carbocycles. The summed E-state index contributed by atoms with van der Waals surface area (Å²) in [7, 11) is 1.67. The van der Waals surface area contributed by atoms with E-state index in [-0.39, 0.29) is 6.03 Å². The Kier molecular flexibility index (Phi) is 2.87. The fourth-order valence-electron chi connectivity index (χ4n) is 1.15. The van der Waals surface area contributed by atoms with Gasteiger partial charge >= 0.3 is 6.03 Å². The van der Waals surface area contributed by atoms with Crippen LogP contribution in [0.1, 0.15) is 5.56 Å². The van der Waals surface area contributed by atoms with E-state index in [1.807, 2.05) is 31.2 Å². The quantitative estimate of drug-likeness (QED) is 0.384. The average molecular weight is 179 g/mol. The van der Waals surface area contributed by atoms with E-state index >= 15 is 0 Å². The molecule has 0 aliphatic carbocycles. The monoisotopic (exact) mass is 179 g/mol. The predicted octanol–water partition coefficient (Wildman–Crippen LogP) is 1.01. The maximum absolute atomic E-state index is 11.2. The Morgan fingerprint density at radius 3 is 2.62 bits per heavy atom. The number of para-hydroxylation sites is 1. The van der Waals surface area contributed by atoms with Crippen LogP contribution in [0.25, 0.3) is 0 Å². The molecular weight excluding hydrogens is 166 g/mol. The average Bonchev–Trinajstić information content (AvgIpc) is 2.16. The molecule has 0 fully saturated rings. The zero-order chi connectivity index (χ0) is 9.84. The fraction of sp³-hybridized carbons (Fsp3) is 0.222. The lowest BCUT2D eigenvalue weighted by Gasteiger charge is -2.18. The van der Waals surface area contributed by atoms with Crippen LogP contribution in [0.2, 0.25) is 0 Å². The van der Waals surface area contributed by atoms with Crippen molar-refractivity contribution >= 4 is 11.7 Å². The van der Waals surface area contributed by atoms with Gasteiger partial charge in [-0.2, -0.15) is 0 Å². The zero-order valence-electron chi connectivity index (χ0n) is 7.74. The number of nitrogens with one attached hydrogen (secondary N) is 1. The van der Waals surface area contributed by atoms with Crippen LogP contribution in [0, 0.1) is 6.92 Å². The Hall–Kier alpha value is -1.55. The number of hydrogen-bond acceptors (Lipinski definition) is 2. The first-order valence-corrected chi connectivity index (χ1v) is 3.96. The molecule has 0 radical (unpaired) electrons. The minimum Gasteiger partial charge on any atom is -0.296 e. The van der Waals surface area contributed by atoms with Crippen molar-refractivity contribution in [2.24, 2.45) is 5.84 Å². The SMILES string of the molecule is Cc1ccccc1N(C)C(=O)NN. The Morgan fingerprint density at radius 1 is 1.46 bits per heavy atom. The number of carbonyl (C=O) groups excluding carboxylic acids is 1. The summed E-state index contributed by atoms with van der Waals surface area (Å²) in [4.78, 5) is 12.6. The number of hydrazine groups is 1. The van der Waals surface area contributed by atoms with Crippen molar-refractivity contribution in [2.45, 2.75) is 6.92 Å². The number of nitrogens with zero attached hydrogens (tertiary/aromatic N) is 1. The second-order valence-electron chi connectivity index (χ2n) is 2.79. The third-order valence-electron chi connectivity index (χ3n) is 1.90. The van der Waals surface area contributed by atoms with Gasteiger partial charge in [-0.15, -0.1) is 0 Å². The van der Waals surface area contributed by atoms with Crippen LogP contribution >= 0.6 is 0 Å². The van der Waals surface area contributed by atoms with Gasteiger partial charge in [-0.3, -0.25) is 10.3 Å². The van der Waals surface area contributed by atoms with Gasteiger partial charge in [0.25, 0.3) is 0 Å². The highest BCUT2D eigenvalue weighted by Crippen LogP contribution is 2.17. The fourth-order valence-corrected chi connectivity index (χ4v) is 1.15. The molecule has 0 saturated heterocycles. The Bertz CT molecular complexity index is 311. The van der Waals surface area contributed by atoms with Gasteiger partial charge in [0.05, 0.1) is 0 Å². The molecule has 1 rings (SSSR count). The number of anilines is 1. The summed E-state index contributed by atoms with van der Waals surface area (Å²) in [6.07, 6.45) is 0. The molecule has 2 amide bonds. The summed E-state index contributed by atoms with van der Waals surface area (Å²) in [5.74, 6) is 5.02. The normalized spacial score (nSPS) is 9.46. The lowest BCUT2D eigenvalue weighted by molar-refractivity contribution is 0.247. The smallest absolute Gasteiger partial charge is 0.296 e. The van der Waals surface area contributed by atoms with E-state index in [2.05, 4.69) is 5.43 Å². The number of benzene rings is 1. The van der Waals surface area contributed by atoms with Crippen LogP contribution in [0.3, 0.4) is 0 Å². The van der Waals surface area contributed by atoms with Gasteiger partial charge in [0.15, 0.2) is 0 Å². The first-order valence-electron chi connectivity index (χ1n) is 3.96. The van der Waals surface area contributed by atoms with Gasteiger partial charge in [0.2, 0.25) is 0 Å². The van der Waals surface area contributed by atoms with Gasteiger partial charge < -0.3 is 0 Å². The topological polar surface area (TPSA) is 58.4 Å². The molecule has 70 valence electrons. The van der Waals surface area contributed by atoms with E-state index in [1.54, 1.807) is 7.05 Å².